The van der Waals surface area contributed by atoms with Gasteiger partial charge in [0.2, 0.25) is 5.91 Å². The topological polar surface area (TPSA) is 108 Å². The number of nitrogens with zero attached hydrogens (tertiary/aromatic N) is 3. The predicted octanol–water partition coefficient (Wildman–Crippen LogP) is 5.83. The summed E-state index contributed by atoms with van der Waals surface area (Å²) in [5.74, 6) is 0.135. The number of ether oxygens (including phenoxy) is 2. The number of aromatic amines is 1. The third-order valence-electron chi connectivity index (χ3n) is 8.75. The summed E-state index contributed by atoms with van der Waals surface area (Å²) in [7, 11) is 0. The SMILES string of the molecule is CC(C)(C)C1c2cc(-c3cnc4[nH]cc(Cl)c4c3)cc([C@@H]3COCCN3C(=O)O)c2CCN1C(=O)C1CCOCC1. The number of morpholine rings is 1. The molecule has 1 unspecified atom stereocenters. The van der Waals surface area contributed by atoms with E-state index in [9.17, 15) is 14.7 Å². The standard InChI is InChI=1S/C31H37ClN4O5/c1-31(2,3)27-23-13-19(20-14-24-25(32)16-34-28(24)33-15-20)12-22(26-17-41-11-8-35(26)30(38)39)21(23)4-7-36(27)29(37)18-5-9-40-10-6-18/h12-16,18,26-27H,4-11,17H2,1-3H3,(H,33,34)(H,38,39)/t26-,27?/m0/s1. The van der Waals surface area contributed by atoms with Gasteiger partial charge in [0.1, 0.15) is 5.65 Å². The Labute approximate surface area is 244 Å². The van der Waals surface area contributed by atoms with E-state index in [-0.39, 0.29) is 29.9 Å². The Morgan fingerprint density at radius 3 is 2.51 bits per heavy atom. The second-order valence-electron chi connectivity index (χ2n) is 12.4. The molecule has 0 radical (unpaired) electrons. The van der Waals surface area contributed by atoms with Crippen LogP contribution in [0.2, 0.25) is 5.02 Å². The fourth-order valence-electron chi connectivity index (χ4n) is 6.81. The molecule has 5 heterocycles. The van der Waals surface area contributed by atoms with E-state index in [4.69, 9.17) is 21.1 Å². The summed E-state index contributed by atoms with van der Waals surface area (Å²) in [5.41, 5.74) is 5.34. The monoisotopic (exact) mass is 580 g/mol. The third kappa shape index (κ3) is 5.19. The molecule has 2 N–H and O–H groups in total. The lowest BCUT2D eigenvalue weighted by molar-refractivity contribution is -0.144. The Morgan fingerprint density at radius 2 is 1.78 bits per heavy atom. The molecule has 2 amide bonds. The molecular formula is C31H37ClN4O5. The van der Waals surface area contributed by atoms with E-state index in [2.05, 4.69) is 47.8 Å². The lowest BCUT2D eigenvalue weighted by Crippen LogP contribution is -2.49. The lowest BCUT2D eigenvalue weighted by atomic mass is 9.73. The van der Waals surface area contributed by atoms with Crippen LogP contribution in [0, 0.1) is 11.3 Å². The molecule has 10 heteroatoms. The molecule has 218 valence electrons. The highest BCUT2D eigenvalue weighted by molar-refractivity contribution is 6.35. The Bertz CT molecular complexity index is 1480. The van der Waals surface area contributed by atoms with Gasteiger partial charge >= 0.3 is 6.09 Å². The first kappa shape index (κ1) is 28.0. The van der Waals surface area contributed by atoms with Gasteiger partial charge in [0.05, 0.1) is 30.3 Å². The highest BCUT2D eigenvalue weighted by Gasteiger charge is 2.43. The number of carbonyl (C=O) groups is 2. The lowest BCUT2D eigenvalue weighted by Gasteiger charge is -2.47. The van der Waals surface area contributed by atoms with Crippen molar-refractivity contribution in [2.45, 2.75) is 52.1 Å². The summed E-state index contributed by atoms with van der Waals surface area (Å²) in [5, 5.41) is 11.5. The van der Waals surface area contributed by atoms with E-state index >= 15 is 0 Å². The van der Waals surface area contributed by atoms with Crippen LogP contribution in [0.25, 0.3) is 22.2 Å². The maximum Gasteiger partial charge on any atom is 0.407 e. The van der Waals surface area contributed by atoms with Crippen LogP contribution in [0.15, 0.2) is 30.6 Å². The zero-order valence-electron chi connectivity index (χ0n) is 23.8. The Morgan fingerprint density at radius 1 is 1.02 bits per heavy atom. The number of nitrogens with one attached hydrogen (secondary N) is 1. The average molecular weight is 581 g/mol. The van der Waals surface area contributed by atoms with E-state index in [1.807, 2.05) is 12.3 Å². The van der Waals surface area contributed by atoms with Crippen LogP contribution in [-0.2, 0) is 20.7 Å². The number of halogens is 1. The maximum atomic E-state index is 14.0. The van der Waals surface area contributed by atoms with Gasteiger partial charge in [-0.3, -0.25) is 9.69 Å². The Balaban J connectivity index is 1.53. The van der Waals surface area contributed by atoms with Gasteiger partial charge in [-0.25, -0.2) is 9.78 Å². The summed E-state index contributed by atoms with van der Waals surface area (Å²) < 4.78 is 11.4. The molecule has 3 aliphatic heterocycles. The fourth-order valence-corrected chi connectivity index (χ4v) is 7.01. The van der Waals surface area contributed by atoms with Crippen molar-refractivity contribution in [1.29, 1.82) is 0 Å². The third-order valence-corrected chi connectivity index (χ3v) is 9.06. The summed E-state index contributed by atoms with van der Waals surface area (Å²) in [6, 6.07) is 5.65. The zero-order valence-corrected chi connectivity index (χ0v) is 24.5. The summed E-state index contributed by atoms with van der Waals surface area (Å²) in [6.07, 6.45) is 4.70. The molecule has 41 heavy (non-hydrogen) atoms. The number of benzene rings is 1. The van der Waals surface area contributed by atoms with Gasteiger partial charge in [0.15, 0.2) is 0 Å². The van der Waals surface area contributed by atoms with Gasteiger partial charge in [-0.15, -0.1) is 0 Å². The summed E-state index contributed by atoms with van der Waals surface area (Å²) in [6.45, 7) is 9.28. The molecular weight excluding hydrogens is 544 g/mol. The van der Waals surface area contributed by atoms with Crippen molar-refractivity contribution < 1.29 is 24.2 Å². The minimum absolute atomic E-state index is 0.0469. The van der Waals surface area contributed by atoms with Crippen molar-refractivity contribution >= 4 is 34.6 Å². The Hall–Kier alpha value is -3.14. The van der Waals surface area contributed by atoms with Crippen molar-refractivity contribution in [3.05, 3.63) is 52.3 Å². The molecule has 3 aliphatic rings. The first-order valence-electron chi connectivity index (χ1n) is 14.4. The molecule has 2 saturated heterocycles. The number of carboxylic acid groups (broad SMARTS) is 1. The molecule has 9 nitrogen and oxygen atoms in total. The van der Waals surface area contributed by atoms with Gasteiger partial charge in [0.25, 0.3) is 0 Å². The molecule has 1 aromatic carbocycles. The second-order valence-corrected chi connectivity index (χ2v) is 12.8. The molecule has 2 aromatic heterocycles. The minimum atomic E-state index is -0.959. The maximum absolute atomic E-state index is 14.0. The normalized spacial score (nSPS) is 22.1. The highest BCUT2D eigenvalue weighted by atomic mass is 35.5. The average Bonchev–Trinajstić information content (AvgIpc) is 3.35. The van der Waals surface area contributed by atoms with Crippen LogP contribution in [0.1, 0.15) is 62.4 Å². The van der Waals surface area contributed by atoms with Crippen LogP contribution < -0.4 is 0 Å². The number of H-pyrrole nitrogens is 1. The quantitative estimate of drug-likeness (QED) is 0.403. The van der Waals surface area contributed by atoms with Crippen LogP contribution in [-0.4, -0.2) is 76.4 Å². The van der Waals surface area contributed by atoms with E-state index in [1.165, 1.54) is 4.90 Å². The zero-order chi connectivity index (χ0) is 28.9. The molecule has 0 aliphatic carbocycles. The Kier molecular flexibility index (Phi) is 7.46. The van der Waals surface area contributed by atoms with E-state index < -0.39 is 12.1 Å². The first-order chi connectivity index (χ1) is 19.6. The molecule has 0 bridgehead atoms. The van der Waals surface area contributed by atoms with Gasteiger partial charge in [-0.05, 0) is 65.1 Å². The van der Waals surface area contributed by atoms with Crippen LogP contribution in [0.5, 0.6) is 0 Å². The van der Waals surface area contributed by atoms with Gasteiger partial charge in [0, 0.05) is 55.6 Å². The molecule has 2 atom stereocenters. The number of carbonyl (C=O) groups excluding carboxylic acids is 1. The minimum Gasteiger partial charge on any atom is -0.465 e. The summed E-state index contributed by atoms with van der Waals surface area (Å²) >= 11 is 6.45. The van der Waals surface area contributed by atoms with Crippen LogP contribution >= 0.6 is 11.6 Å². The fraction of sp³-hybridized carbons (Fsp3) is 0.516. The van der Waals surface area contributed by atoms with Crippen LogP contribution in [0.4, 0.5) is 4.79 Å². The van der Waals surface area contributed by atoms with Gasteiger partial charge in [-0.1, -0.05) is 32.4 Å². The molecule has 0 spiro atoms. The van der Waals surface area contributed by atoms with Gasteiger partial charge in [-0.2, -0.15) is 0 Å². The second kappa shape index (κ2) is 10.9. The van der Waals surface area contributed by atoms with Gasteiger partial charge < -0.3 is 24.5 Å². The highest BCUT2D eigenvalue weighted by Crippen LogP contribution is 2.47. The molecule has 2 fully saturated rings. The van der Waals surface area contributed by atoms with Crippen molar-refractivity contribution in [1.82, 2.24) is 19.8 Å². The number of hydrogen-bond acceptors (Lipinski definition) is 5. The predicted molar refractivity (Wildman–Crippen MR) is 156 cm³/mol. The van der Waals surface area contributed by atoms with Crippen molar-refractivity contribution in [3.8, 4) is 11.1 Å². The van der Waals surface area contributed by atoms with Crippen molar-refractivity contribution in [2.75, 3.05) is 39.5 Å². The molecule has 0 saturated carbocycles. The molecule has 6 rings (SSSR count). The van der Waals surface area contributed by atoms with Crippen molar-refractivity contribution in [3.63, 3.8) is 0 Å². The number of hydrogen-bond donors (Lipinski definition) is 2. The van der Waals surface area contributed by atoms with Crippen LogP contribution in [0.3, 0.4) is 0 Å². The number of fused-ring (bicyclic) bond motifs is 2. The number of rotatable bonds is 3. The number of amides is 2. The smallest absolute Gasteiger partial charge is 0.407 e. The van der Waals surface area contributed by atoms with E-state index in [1.54, 1.807) is 6.20 Å². The number of pyridine rings is 1. The first-order valence-corrected chi connectivity index (χ1v) is 14.8. The van der Waals surface area contributed by atoms with Crippen molar-refractivity contribution in [2.24, 2.45) is 11.3 Å². The molecule has 3 aromatic rings. The summed E-state index contributed by atoms with van der Waals surface area (Å²) in [4.78, 5) is 37.6. The number of aromatic nitrogens is 2. The van der Waals surface area contributed by atoms with E-state index in [0.29, 0.717) is 50.0 Å². The largest absolute Gasteiger partial charge is 0.465 e. The van der Waals surface area contributed by atoms with E-state index in [0.717, 1.165) is 46.0 Å².